The van der Waals surface area contributed by atoms with Crippen LogP contribution in [0.3, 0.4) is 0 Å². The van der Waals surface area contributed by atoms with Crippen LogP contribution in [0.2, 0.25) is 0 Å². The number of hydrogen-bond donors (Lipinski definition) is 0. The maximum absolute atomic E-state index is 12.6. The predicted molar refractivity (Wildman–Crippen MR) is 101 cm³/mol. The zero-order valence-electron chi connectivity index (χ0n) is 15.8. The van der Waals surface area contributed by atoms with Crippen molar-refractivity contribution in [2.45, 2.75) is 34.0 Å². The van der Waals surface area contributed by atoms with Gasteiger partial charge < -0.3 is 4.74 Å². The molecule has 0 unspecified atom stereocenters. The number of aromatic nitrogens is 4. The number of benzene rings is 1. The Bertz CT molecular complexity index is 1100. The molecule has 2 heterocycles. The molecular formula is C19H22N4O4. The normalized spacial score (nSPS) is 11.3. The van der Waals surface area contributed by atoms with Crippen LogP contribution in [-0.4, -0.2) is 24.7 Å². The second-order valence-corrected chi connectivity index (χ2v) is 6.96. The number of fused-ring (bicyclic) bond motifs is 1. The molecule has 0 aliphatic carbocycles. The summed E-state index contributed by atoms with van der Waals surface area (Å²) in [6, 6.07) is 7.01. The van der Waals surface area contributed by atoms with E-state index in [-0.39, 0.29) is 18.2 Å². The number of esters is 1. The Balaban J connectivity index is 1.95. The number of ether oxygens (including phenoxy) is 1. The van der Waals surface area contributed by atoms with Crippen molar-refractivity contribution in [2.75, 3.05) is 0 Å². The van der Waals surface area contributed by atoms with E-state index < -0.39 is 17.2 Å². The molecule has 142 valence electrons. The Morgan fingerprint density at radius 1 is 1.19 bits per heavy atom. The van der Waals surface area contributed by atoms with E-state index in [2.05, 4.69) is 4.98 Å². The summed E-state index contributed by atoms with van der Waals surface area (Å²) in [6.07, 6.45) is 1.41. The van der Waals surface area contributed by atoms with Crippen LogP contribution >= 0.6 is 0 Å². The molecule has 0 aliphatic rings. The van der Waals surface area contributed by atoms with Crippen molar-refractivity contribution in [3.8, 4) is 0 Å². The Labute approximate surface area is 155 Å². The lowest BCUT2D eigenvalue weighted by Crippen LogP contribution is -2.39. The molecule has 3 aromatic rings. The van der Waals surface area contributed by atoms with Crippen LogP contribution in [0.1, 0.15) is 29.8 Å². The van der Waals surface area contributed by atoms with Crippen molar-refractivity contribution in [3.63, 3.8) is 0 Å². The molecule has 2 aromatic heterocycles. The summed E-state index contributed by atoms with van der Waals surface area (Å²) < 4.78 is 9.28. The number of carbonyl (C=O) groups excluding carboxylic acids is 1. The Hall–Kier alpha value is -3.16. The van der Waals surface area contributed by atoms with Crippen molar-refractivity contribution < 1.29 is 9.53 Å². The molecule has 0 bridgehead atoms. The highest BCUT2D eigenvalue weighted by molar-refractivity contribution is 5.89. The van der Waals surface area contributed by atoms with E-state index in [0.29, 0.717) is 17.8 Å². The fourth-order valence-electron chi connectivity index (χ4n) is 2.83. The first kappa shape index (κ1) is 18.6. The van der Waals surface area contributed by atoms with Crippen molar-refractivity contribution in [3.05, 3.63) is 62.6 Å². The summed E-state index contributed by atoms with van der Waals surface area (Å²) in [7, 11) is 1.43. The molecule has 0 atom stereocenters. The largest absolute Gasteiger partial charge is 0.440 e. The lowest BCUT2D eigenvalue weighted by Gasteiger charge is -2.12. The van der Waals surface area contributed by atoms with Crippen LogP contribution in [0.25, 0.3) is 11.2 Å². The van der Waals surface area contributed by atoms with Gasteiger partial charge in [0.05, 0.1) is 5.56 Å². The molecule has 0 aliphatic heterocycles. The first-order valence-corrected chi connectivity index (χ1v) is 8.68. The molecule has 27 heavy (non-hydrogen) atoms. The first-order valence-electron chi connectivity index (χ1n) is 8.68. The maximum Gasteiger partial charge on any atom is 0.339 e. The SMILES string of the molecule is Cc1ccc(C(=O)OCn2cnc3c2c(=O)n(C)c(=O)n3CC(C)C)cc1. The molecule has 0 N–H and O–H groups in total. The fraction of sp³-hybridized carbons (Fsp3) is 0.368. The minimum Gasteiger partial charge on any atom is -0.440 e. The number of hydrogen-bond acceptors (Lipinski definition) is 5. The van der Waals surface area contributed by atoms with Crippen LogP contribution in [0.5, 0.6) is 0 Å². The van der Waals surface area contributed by atoms with Crippen LogP contribution in [0.15, 0.2) is 40.2 Å². The Morgan fingerprint density at radius 3 is 2.48 bits per heavy atom. The zero-order chi connectivity index (χ0) is 19.7. The molecule has 0 spiro atoms. The van der Waals surface area contributed by atoms with Gasteiger partial charge >= 0.3 is 11.7 Å². The molecule has 0 saturated carbocycles. The molecule has 1 aromatic carbocycles. The summed E-state index contributed by atoms with van der Waals surface area (Å²) in [5, 5.41) is 0. The summed E-state index contributed by atoms with van der Waals surface area (Å²) >= 11 is 0. The van der Waals surface area contributed by atoms with Gasteiger partial charge in [-0.2, -0.15) is 0 Å². The van der Waals surface area contributed by atoms with Crippen LogP contribution in [0, 0.1) is 12.8 Å². The van der Waals surface area contributed by atoms with Crippen LogP contribution in [0.4, 0.5) is 0 Å². The van der Waals surface area contributed by atoms with Crippen LogP contribution in [-0.2, 0) is 25.1 Å². The quantitative estimate of drug-likeness (QED) is 0.638. The maximum atomic E-state index is 12.6. The number of imidazole rings is 1. The van der Waals surface area contributed by atoms with Crippen LogP contribution < -0.4 is 11.2 Å². The highest BCUT2D eigenvalue weighted by Crippen LogP contribution is 2.10. The highest BCUT2D eigenvalue weighted by atomic mass is 16.5. The van der Waals surface area contributed by atoms with Crippen molar-refractivity contribution in [1.82, 2.24) is 18.7 Å². The molecule has 0 saturated heterocycles. The van der Waals surface area contributed by atoms with E-state index in [9.17, 15) is 14.4 Å². The lowest BCUT2D eigenvalue weighted by atomic mass is 10.2. The van der Waals surface area contributed by atoms with Gasteiger partial charge in [-0.15, -0.1) is 0 Å². The molecule has 3 rings (SSSR count). The fourth-order valence-corrected chi connectivity index (χ4v) is 2.83. The van der Waals surface area contributed by atoms with Gasteiger partial charge in [-0.25, -0.2) is 14.6 Å². The molecule has 0 amide bonds. The molecular weight excluding hydrogens is 348 g/mol. The standard InChI is InChI=1S/C19H22N4O4/c1-12(2)9-23-16-15(17(24)21(4)19(23)26)22(10-20-16)11-27-18(25)14-7-5-13(3)6-8-14/h5-8,10,12H,9,11H2,1-4H3. The van der Waals surface area contributed by atoms with E-state index in [4.69, 9.17) is 4.74 Å². The van der Waals surface area contributed by atoms with Gasteiger partial charge in [-0.1, -0.05) is 31.5 Å². The van der Waals surface area contributed by atoms with Gasteiger partial charge in [0.15, 0.2) is 17.9 Å². The second kappa shape index (κ2) is 7.22. The van der Waals surface area contributed by atoms with E-state index >= 15 is 0 Å². The minimum atomic E-state index is -0.496. The molecule has 8 heteroatoms. The second-order valence-electron chi connectivity index (χ2n) is 6.96. The van der Waals surface area contributed by atoms with Gasteiger partial charge in [0.1, 0.15) is 6.33 Å². The third-order valence-corrected chi connectivity index (χ3v) is 4.27. The van der Waals surface area contributed by atoms with Gasteiger partial charge in [0, 0.05) is 13.6 Å². The van der Waals surface area contributed by atoms with Gasteiger partial charge in [-0.05, 0) is 25.0 Å². The van der Waals surface area contributed by atoms with Gasteiger partial charge in [-0.3, -0.25) is 18.5 Å². The first-order chi connectivity index (χ1) is 12.8. The van der Waals surface area contributed by atoms with Gasteiger partial charge in [0.25, 0.3) is 5.56 Å². The molecule has 8 nitrogen and oxygen atoms in total. The molecule has 0 radical (unpaired) electrons. The average Bonchev–Trinajstić information content (AvgIpc) is 3.05. The van der Waals surface area contributed by atoms with Crippen molar-refractivity contribution >= 4 is 17.1 Å². The smallest absolute Gasteiger partial charge is 0.339 e. The third-order valence-electron chi connectivity index (χ3n) is 4.27. The minimum absolute atomic E-state index is 0.168. The summed E-state index contributed by atoms with van der Waals surface area (Å²) in [5.41, 5.74) is 1.10. The summed E-state index contributed by atoms with van der Waals surface area (Å²) in [5.74, 6) is -0.294. The van der Waals surface area contributed by atoms with Crippen molar-refractivity contribution in [1.29, 1.82) is 0 Å². The van der Waals surface area contributed by atoms with E-state index in [0.717, 1.165) is 10.1 Å². The number of rotatable bonds is 5. The predicted octanol–water partition coefficient (Wildman–Crippen LogP) is 1.68. The summed E-state index contributed by atoms with van der Waals surface area (Å²) in [4.78, 5) is 41.4. The Kier molecular flexibility index (Phi) is 4.98. The number of carbonyl (C=O) groups is 1. The van der Waals surface area contributed by atoms with E-state index in [1.165, 1.54) is 22.5 Å². The van der Waals surface area contributed by atoms with Crippen molar-refractivity contribution in [2.24, 2.45) is 13.0 Å². The van der Waals surface area contributed by atoms with E-state index in [1.807, 2.05) is 32.9 Å². The third kappa shape index (κ3) is 3.55. The number of aryl methyl sites for hydroxylation is 1. The van der Waals surface area contributed by atoms with E-state index in [1.54, 1.807) is 12.1 Å². The lowest BCUT2D eigenvalue weighted by molar-refractivity contribution is 0.0378. The topological polar surface area (TPSA) is 88.1 Å². The average molecular weight is 370 g/mol. The number of nitrogens with zero attached hydrogens (tertiary/aromatic N) is 4. The summed E-state index contributed by atoms with van der Waals surface area (Å²) in [6.45, 7) is 6.15. The zero-order valence-corrected chi connectivity index (χ0v) is 15.8. The van der Waals surface area contributed by atoms with Gasteiger partial charge in [0.2, 0.25) is 0 Å². The highest BCUT2D eigenvalue weighted by Gasteiger charge is 2.18. The Morgan fingerprint density at radius 2 is 1.85 bits per heavy atom. The molecule has 0 fully saturated rings. The monoisotopic (exact) mass is 370 g/mol.